The van der Waals surface area contributed by atoms with E-state index in [4.69, 9.17) is 11.6 Å². The summed E-state index contributed by atoms with van der Waals surface area (Å²) in [7, 11) is 1.95. The summed E-state index contributed by atoms with van der Waals surface area (Å²) >= 11 is 6.11. The number of nitrogens with one attached hydrogen (secondary N) is 1. The molecule has 1 aromatic carbocycles. The van der Waals surface area contributed by atoms with Gasteiger partial charge < -0.3 is 5.32 Å². The van der Waals surface area contributed by atoms with Gasteiger partial charge in [0.1, 0.15) is 0 Å². The van der Waals surface area contributed by atoms with Crippen molar-refractivity contribution in [2.24, 2.45) is 7.05 Å². The van der Waals surface area contributed by atoms with Crippen LogP contribution in [0.15, 0.2) is 30.6 Å². The predicted molar refractivity (Wildman–Crippen MR) is 84.1 cm³/mol. The van der Waals surface area contributed by atoms with Gasteiger partial charge in [-0.3, -0.25) is 4.68 Å². The Bertz CT molecular complexity index is 563. The van der Waals surface area contributed by atoms with Gasteiger partial charge in [-0.1, -0.05) is 30.7 Å². The fraction of sp³-hybridized carbons (Fsp3) is 0.438. The van der Waals surface area contributed by atoms with Crippen LogP contribution in [0.1, 0.15) is 36.1 Å². The molecule has 0 aliphatic carbocycles. The Morgan fingerprint density at radius 3 is 2.80 bits per heavy atom. The van der Waals surface area contributed by atoms with Crippen molar-refractivity contribution in [3.63, 3.8) is 0 Å². The van der Waals surface area contributed by atoms with Crippen molar-refractivity contribution in [2.45, 2.75) is 32.7 Å². The molecule has 0 amide bonds. The minimum atomic E-state index is 0.358. The number of halogens is 1. The van der Waals surface area contributed by atoms with Crippen molar-refractivity contribution in [3.05, 3.63) is 52.3 Å². The van der Waals surface area contributed by atoms with E-state index in [1.54, 1.807) is 0 Å². The van der Waals surface area contributed by atoms with Crippen LogP contribution in [0.5, 0.6) is 0 Å². The molecule has 20 heavy (non-hydrogen) atoms. The smallest absolute Gasteiger partial charge is 0.0521 e. The van der Waals surface area contributed by atoms with Crippen molar-refractivity contribution in [2.75, 3.05) is 6.54 Å². The maximum atomic E-state index is 6.11. The zero-order valence-corrected chi connectivity index (χ0v) is 13.1. The molecule has 1 atom stereocenters. The van der Waals surface area contributed by atoms with Gasteiger partial charge in [-0.2, -0.15) is 5.10 Å². The highest BCUT2D eigenvalue weighted by Gasteiger charge is 2.12. The summed E-state index contributed by atoms with van der Waals surface area (Å²) in [5.41, 5.74) is 3.71. The quantitative estimate of drug-likeness (QED) is 0.880. The van der Waals surface area contributed by atoms with Crippen molar-refractivity contribution in [3.8, 4) is 0 Å². The van der Waals surface area contributed by atoms with E-state index in [2.05, 4.69) is 42.6 Å². The third kappa shape index (κ3) is 3.84. The zero-order valence-electron chi connectivity index (χ0n) is 12.4. The first-order valence-corrected chi connectivity index (χ1v) is 7.45. The molecule has 0 saturated carbocycles. The minimum Gasteiger partial charge on any atom is -0.310 e. The van der Waals surface area contributed by atoms with Crippen LogP contribution in [0.2, 0.25) is 5.02 Å². The summed E-state index contributed by atoms with van der Waals surface area (Å²) in [6.07, 6.45) is 6.10. The molecule has 0 aliphatic heterocycles. The van der Waals surface area contributed by atoms with E-state index in [0.29, 0.717) is 6.04 Å². The van der Waals surface area contributed by atoms with E-state index in [9.17, 15) is 0 Å². The molecule has 2 aromatic rings. The van der Waals surface area contributed by atoms with Crippen LogP contribution >= 0.6 is 11.6 Å². The number of aryl methyl sites for hydroxylation is 3. The third-order valence-electron chi connectivity index (χ3n) is 3.51. The lowest BCUT2D eigenvalue weighted by atomic mass is 9.98. The summed E-state index contributed by atoms with van der Waals surface area (Å²) in [6.45, 7) is 5.15. The average Bonchev–Trinajstić information content (AvgIpc) is 2.84. The van der Waals surface area contributed by atoms with E-state index in [0.717, 1.165) is 30.0 Å². The third-order valence-corrected chi connectivity index (χ3v) is 3.94. The van der Waals surface area contributed by atoms with Gasteiger partial charge in [0.2, 0.25) is 0 Å². The Balaban J connectivity index is 2.07. The molecule has 0 saturated heterocycles. The first-order chi connectivity index (χ1) is 9.60. The molecule has 108 valence electrons. The van der Waals surface area contributed by atoms with E-state index >= 15 is 0 Å². The number of nitrogens with zero attached hydrogens (tertiary/aromatic N) is 2. The number of rotatable bonds is 6. The molecule has 0 spiro atoms. The van der Waals surface area contributed by atoms with E-state index in [1.165, 1.54) is 11.1 Å². The molecule has 1 aromatic heterocycles. The largest absolute Gasteiger partial charge is 0.310 e. The highest BCUT2D eigenvalue weighted by Crippen LogP contribution is 2.24. The van der Waals surface area contributed by atoms with Crippen LogP contribution in [0.25, 0.3) is 0 Å². The standard InChI is InChI=1S/C16H22ClN3/c1-4-18-16(8-5-13-10-19-20(3)11-13)14-6-7-15(17)12(2)9-14/h6-7,9-11,16,18H,4-5,8H2,1-3H3. The SMILES string of the molecule is CCNC(CCc1cnn(C)c1)c1ccc(Cl)c(C)c1. The van der Waals surface area contributed by atoms with Crippen molar-refractivity contribution in [1.82, 2.24) is 15.1 Å². The first-order valence-electron chi connectivity index (χ1n) is 7.07. The average molecular weight is 292 g/mol. The minimum absolute atomic E-state index is 0.358. The van der Waals surface area contributed by atoms with Crippen molar-refractivity contribution in [1.29, 1.82) is 0 Å². The molecular weight excluding hydrogens is 270 g/mol. The summed E-state index contributed by atoms with van der Waals surface area (Å²) in [5, 5.41) is 8.60. The maximum absolute atomic E-state index is 6.11. The van der Waals surface area contributed by atoms with Gasteiger partial charge in [0.15, 0.2) is 0 Å². The summed E-state index contributed by atoms with van der Waals surface area (Å²) in [6, 6.07) is 6.64. The molecule has 4 heteroatoms. The molecule has 1 heterocycles. The van der Waals surface area contributed by atoms with E-state index in [1.807, 2.05) is 24.0 Å². The summed E-state index contributed by atoms with van der Waals surface area (Å²) in [4.78, 5) is 0. The van der Waals surface area contributed by atoms with Crippen LogP contribution < -0.4 is 5.32 Å². The molecule has 3 nitrogen and oxygen atoms in total. The van der Waals surface area contributed by atoms with Crippen molar-refractivity contribution < 1.29 is 0 Å². The Hall–Kier alpha value is -1.32. The summed E-state index contributed by atoms with van der Waals surface area (Å²) < 4.78 is 1.85. The lowest BCUT2D eigenvalue weighted by Crippen LogP contribution is -2.21. The van der Waals surface area contributed by atoms with Gasteiger partial charge in [-0.05, 0) is 49.1 Å². The second-order valence-electron chi connectivity index (χ2n) is 5.18. The highest BCUT2D eigenvalue weighted by molar-refractivity contribution is 6.31. The second kappa shape index (κ2) is 6.91. The normalized spacial score (nSPS) is 12.6. The van der Waals surface area contributed by atoms with Gasteiger partial charge >= 0.3 is 0 Å². The number of hydrogen-bond acceptors (Lipinski definition) is 2. The van der Waals surface area contributed by atoms with Crippen molar-refractivity contribution >= 4 is 11.6 Å². The molecule has 2 rings (SSSR count). The zero-order chi connectivity index (χ0) is 14.5. The van der Waals surface area contributed by atoms with Crippen LogP contribution in [-0.2, 0) is 13.5 Å². The molecule has 1 unspecified atom stereocenters. The van der Waals surface area contributed by atoms with Gasteiger partial charge in [-0.25, -0.2) is 0 Å². The van der Waals surface area contributed by atoms with Crippen LogP contribution in [0.3, 0.4) is 0 Å². The summed E-state index contributed by atoms with van der Waals surface area (Å²) in [5.74, 6) is 0. The Labute approximate surface area is 126 Å². The highest BCUT2D eigenvalue weighted by atomic mass is 35.5. The Kier molecular flexibility index (Phi) is 5.21. The topological polar surface area (TPSA) is 29.9 Å². The van der Waals surface area contributed by atoms with E-state index in [-0.39, 0.29) is 0 Å². The molecule has 0 fully saturated rings. The number of hydrogen-bond donors (Lipinski definition) is 1. The molecular formula is C16H22ClN3. The Morgan fingerprint density at radius 1 is 1.40 bits per heavy atom. The fourth-order valence-electron chi connectivity index (χ4n) is 2.43. The van der Waals surface area contributed by atoms with Gasteiger partial charge in [0.05, 0.1) is 6.20 Å². The van der Waals surface area contributed by atoms with Gasteiger partial charge in [0, 0.05) is 24.3 Å². The predicted octanol–water partition coefficient (Wildman–Crippen LogP) is 3.67. The molecule has 0 radical (unpaired) electrons. The van der Waals surface area contributed by atoms with Crippen LogP contribution in [0, 0.1) is 6.92 Å². The molecule has 0 bridgehead atoms. The monoisotopic (exact) mass is 291 g/mol. The molecule has 0 aliphatic rings. The van der Waals surface area contributed by atoms with Crippen LogP contribution in [-0.4, -0.2) is 16.3 Å². The van der Waals surface area contributed by atoms with E-state index < -0.39 is 0 Å². The lowest BCUT2D eigenvalue weighted by molar-refractivity contribution is 0.515. The molecule has 1 N–H and O–H groups in total. The number of benzene rings is 1. The lowest BCUT2D eigenvalue weighted by Gasteiger charge is -2.19. The fourth-order valence-corrected chi connectivity index (χ4v) is 2.55. The number of aromatic nitrogens is 2. The first kappa shape index (κ1) is 15.1. The van der Waals surface area contributed by atoms with Gasteiger partial charge in [0.25, 0.3) is 0 Å². The van der Waals surface area contributed by atoms with Gasteiger partial charge in [-0.15, -0.1) is 0 Å². The maximum Gasteiger partial charge on any atom is 0.0521 e. The van der Waals surface area contributed by atoms with Crippen LogP contribution in [0.4, 0.5) is 0 Å². The Morgan fingerprint density at radius 2 is 2.20 bits per heavy atom. The second-order valence-corrected chi connectivity index (χ2v) is 5.59.